The normalized spacial score (nSPS) is 22.5. The van der Waals surface area contributed by atoms with Crippen molar-refractivity contribution in [1.29, 1.82) is 0 Å². The number of hydrogen-bond donors (Lipinski definition) is 1. The fourth-order valence-electron chi connectivity index (χ4n) is 4.57. The summed E-state index contributed by atoms with van der Waals surface area (Å²) in [5.41, 5.74) is 0.920. The van der Waals surface area contributed by atoms with Crippen LogP contribution in [0.3, 0.4) is 0 Å². The Balaban J connectivity index is 1.47. The van der Waals surface area contributed by atoms with Crippen LogP contribution in [0.4, 0.5) is 5.82 Å². The van der Waals surface area contributed by atoms with Crippen LogP contribution < -0.4 is 5.32 Å². The first-order valence-corrected chi connectivity index (χ1v) is 11.2. The molecule has 0 radical (unpaired) electrons. The van der Waals surface area contributed by atoms with E-state index in [0.29, 0.717) is 17.0 Å². The molecule has 1 aliphatic carbocycles. The van der Waals surface area contributed by atoms with E-state index in [4.69, 9.17) is 0 Å². The number of fused-ring (bicyclic) bond motifs is 2. The molecule has 1 saturated heterocycles. The number of rotatable bonds is 5. The molecule has 27 heavy (non-hydrogen) atoms. The van der Waals surface area contributed by atoms with Crippen molar-refractivity contribution in [2.24, 2.45) is 5.92 Å². The monoisotopic (exact) mass is 384 g/mol. The minimum absolute atomic E-state index is 0.248. The number of hydrogen-bond acceptors (Lipinski definition) is 5. The largest absolute Gasteiger partial charge is 0.370 e. The standard InChI is InChI=1S/C21H28N4OS/c1-2-22-20-16-10-4-5-11-17(16)23-21(24-20)27-14-19(26)25-13-7-9-15-8-3-6-12-18(15)25/h4-5,10-11,15,18H,2-3,6-9,12-14H2,1H3,(H,22,23,24)/t15-,18+/m0/s1. The Morgan fingerprint density at radius 2 is 2.00 bits per heavy atom. The van der Waals surface area contributed by atoms with E-state index in [2.05, 4.69) is 27.1 Å². The molecule has 4 rings (SSSR count). The third-order valence-electron chi connectivity index (χ3n) is 5.82. The van der Waals surface area contributed by atoms with E-state index in [-0.39, 0.29) is 5.91 Å². The molecule has 2 aromatic rings. The molecule has 1 aliphatic heterocycles. The highest BCUT2D eigenvalue weighted by Gasteiger charge is 2.35. The summed E-state index contributed by atoms with van der Waals surface area (Å²) in [6.07, 6.45) is 7.50. The van der Waals surface area contributed by atoms with Gasteiger partial charge in [-0.05, 0) is 50.7 Å². The molecule has 0 bridgehead atoms. The SMILES string of the molecule is CCNc1nc(SCC(=O)N2CCC[C@@H]3CCCC[C@H]32)nc2ccccc12. The summed E-state index contributed by atoms with van der Waals surface area (Å²) >= 11 is 1.46. The Kier molecular flexibility index (Phi) is 5.81. The highest BCUT2D eigenvalue weighted by atomic mass is 32.2. The number of anilines is 1. The fraction of sp³-hybridized carbons (Fsp3) is 0.571. The summed E-state index contributed by atoms with van der Waals surface area (Å²) in [6.45, 7) is 3.78. The molecule has 1 N–H and O–H groups in total. The number of likely N-dealkylation sites (tertiary alicyclic amines) is 1. The molecule has 144 valence electrons. The molecule has 0 spiro atoms. The molecule has 2 aliphatic rings. The molecule has 2 fully saturated rings. The van der Waals surface area contributed by atoms with Crippen LogP contribution in [0, 0.1) is 5.92 Å². The lowest BCUT2D eigenvalue weighted by Crippen LogP contribution is -2.50. The van der Waals surface area contributed by atoms with Gasteiger partial charge in [-0.1, -0.05) is 36.7 Å². The van der Waals surface area contributed by atoms with Crippen molar-refractivity contribution in [3.05, 3.63) is 24.3 Å². The number of aromatic nitrogens is 2. The second kappa shape index (κ2) is 8.46. The Hall–Kier alpha value is -1.82. The first-order valence-electron chi connectivity index (χ1n) is 10.2. The smallest absolute Gasteiger partial charge is 0.233 e. The van der Waals surface area contributed by atoms with Crippen LogP contribution >= 0.6 is 11.8 Å². The van der Waals surface area contributed by atoms with Gasteiger partial charge in [-0.3, -0.25) is 4.79 Å². The summed E-state index contributed by atoms with van der Waals surface area (Å²) in [6, 6.07) is 8.49. The molecule has 6 heteroatoms. The highest BCUT2D eigenvalue weighted by molar-refractivity contribution is 7.99. The number of para-hydroxylation sites is 1. The van der Waals surface area contributed by atoms with Crippen LogP contribution in [-0.4, -0.2) is 45.7 Å². The maximum atomic E-state index is 12.9. The maximum Gasteiger partial charge on any atom is 0.233 e. The van der Waals surface area contributed by atoms with E-state index in [9.17, 15) is 4.79 Å². The number of carbonyl (C=O) groups is 1. The topological polar surface area (TPSA) is 58.1 Å². The van der Waals surface area contributed by atoms with E-state index in [1.54, 1.807) is 0 Å². The van der Waals surface area contributed by atoms with Crippen LogP contribution in [0.1, 0.15) is 45.4 Å². The predicted octanol–water partition coefficient (Wildman–Crippen LogP) is 4.33. The third kappa shape index (κ3) is 4.05. The van der Waals surface area contributed by atoms with Crippen LogP contribution in [-0.2, 0) is 4.79 Å². The summed E-state index contributed by atoms with van der Waals surface area (Å²) in [7, 11) is 0. The zero-order valence-corrected chi connectivity index (χ0v) is 16.8. The van der Waals surface area contributed by atoms with Crippen LogP contribution in [0.15, 0.2) is 29.4 Å². The summed E-state index contributed by atoms with van der Waals surface area (Å²) < 4.78 is 0. The van der Waals surface area contributed by atoms with E-state index in [1.165, 1.54) is 43.9 Å². The molecule has 2 atom stereocenters. The molecular formula is C21H28N4OS. The zero-order valence-electron chi connectivity index (χ0n) is 16.0. The fourth-order valence-corrected chi connectivity index (χ4v) is 5.30. The Morgan fingerprint density at radius 3 is 2.89 bits per heavy atom. The van der Waals surface area contributed by atoms with Crippen molar-refractivity contribution in [1.82, 2.24) is 14.9 Å². The molecule has 1 aromatic heterocycles. The lowest BCUT2D eigenvalue weighted by Gasteiger charge is -2.44. The van der Waals surface area contributed by atoms with Gasteiger partial charge in [0.05, 0.1) is 11.3 Å². The van der Waals surface area contributed by atoms with Gasteiger partial charge in [0.2, 0.25) is 5.91 Å². The third-order valence-corrected chi connectivity index (χ3v) is 6.65. The lowest BCUT2D eigenvalue weighted by atomic mass is 9.78. The molecule has 5 nitrogen and oxygen atoms in total. The quantitative estimate of drug-likeness (QED) is 0.614. The highest BCUT2D eigenvalue weighted by Crippen LogP contribution is 2.35. The number of benzene rings is 1. The van der Waals surface area contributed by atoms with E-state index in [1.807, 2.05) is 24.3 Å². The average molecular weight is 385 g/mol. The first kappa shape index (κ1) is 18.5. The Morgan fingerprint density at radius 1 is 1.19 bits per heavy atom. The van der Waals surface area contributed by atoms with Crippen molar-refractivity contribution < 1.29 is 4.79 Å². The van der Waals surface area contributed by atoms with Crippen LogP contribution in [0.25, 0.3) is 10.9 Å². The summed E-state index contributed by atoms with van der Waals surface area (Å²) in [5.74, 6) is 2.24. The average Bonchev–Trinajstić information content (AvgIpc) is 2.72. The van der Waals surface area contributed by atoms with Gasteiger partial charge in [-0.15, -0.1) is 0 Å². The minimum Gasteiger partial charge on any atom is -0.370 e. The van der Waals surface area contributed by atoms with Gasteiger partial charge in [-0.25, -0.2) is 9.97 Å². The zero-order chi connectivity index (χ0) is 18.6. The number of nitrogens with one attached hydrogen (secondary N) is 1. The molecular weight excluding hydrogens is 356 g/mol. The van der Waals surface area contributed by atoms with Crippen molar-refractivity contribution >= 4 is 34.4 Å². The maximum absolute atomic E-state index is 12.9. The number of amides is 1. The van der Waals surface area contributed by atoms with Gasteiger partial charge in [-0.2, -0.15) is 0 Å². The first-order chi connectivity index (χ1) is 13.3. The lowest BCUT2D eigenvalue weighted by molar-refractivity contribution is -0.134. The van der Waals surface area contributed by atoms with Crippen LogP contribution in [0.5, 0.6) is 0 Å². The van der Waals surface area contributed by atoms with Crippen LogP contribution in [0.2, 0.25) is 0 Å². The van der Waals surface area contributed by atoms with E-state index >= 15 is 0 Å². The number of nitrogens with zero attached hydrogens (tertiary/aromatic N) is 3. The summed E-state index contributed by atoms with van der Waals surface area (Å²) in [5, 5.41) is 5.02. The van der Waals surface area contributed by atoms with E-state index in [0.717, 1.165) is 42.1 Å². The second-order valence-corrected chi connectivity index (χ2v) is 8.47. The van der Waals surface area contributed by atoms with Crippen molar-refractivity contribution in [3.63, 3.8) is 0 Å². The molecule has 1 aromatic carbocycles. The number of thioether (sulfide) groups is 1. The second-order valence-electron chi connectivity index (χ2n) is 7.53. The Bertz CT molecular complexity index is 810. The van der Waals surface area contributed by atoms with Gasteiger partial charge in [0.1, 0.15) is 5.82 Å². The van der Waals surface area contributed by atoms with Gasteiger partial charge < -0.3 is 10.2 Å². The van der Waals surface area contributed by atoms with Gasteiger partial charge in [0.15, 0.2) is 5.16 Å². The number of carbonyl (C=O) groups excluding carboxylic acids is 1. The molecule has 1 amide bonds. The Labute approximate surface area is 165 Å². The predicted molar refractivity (Wildman–Crippen MR) is 111 cm³/mol. The van der Waals surface area contributed by atoms with Gasteiger partial charge in [0, 0.05) is 24.5 Å². The van der Waals surface area contributed by atoms with E-state index < -0.39 is 0 Å². The van der Waals surface area contributed by atoms with Crippen molar-refractivity contribution in [2.45, 2.75) is 56.6 Å². The minimum atomic E-state index is 0.248. The molecule has 2 heterocycles. The van der Waals surface area contributed by atoms with Crippen molar-refractivity contribution in [3.8, 4) is 0 Å². The number of piperidine rings is 1. The van der Waals surface area contributed by atoms with Gasteiger partial charge >= 0.3 is 0 Å². The van der Waals surface area contributed by atoms with Crippen molar-refractivity contribution in [2.75, 3.05) is 24.2 Å². The molecule has 1 saturated carbocycles. The van der Waals surface area contributed by atoms with Gasteiger partial charge in [0.25, 0.3) is 0 Å². The summed E-state index contributed by atoms with van der Waals surface area (Å²) in [4.78, 5) is 24.4. The molecule has 0 unspecified atom stereocenters.